The maximum Gasteiger partial charge on any atom is 0.255 e. The molecule has 1 amide bonds. The second-order valence-electron chi connectivity index (χ2n) is 7.45. The lowest BCUT2D eigenvalue weighted by molar-refractivity contribution is -0.0336. The Kier molecular flexibility index (Phi) is 6.91. The first-order valence-electron chi connectivity index (χ1n) is 10.2. The molecule has 1 fully saturated rings. The van der Waals surface area contributed by atoms with Gasteiger partial charge in [-0.25, -0.2) is 9.37 Å². The molecule has 8 heteroatoms. The van der Waals surface area contributed by atoms with E-state index in [2.05, 4.69) is 38.9 Å². The van der Waals surface area contributed by atoms with Gasteiger partial charge in [0.1, 0.15) is 11.6 Å². The first-order valence-corrected chi connectivity index (χ1v) is 11.1. The summed E-state index contributed by atoms with van der Waals surface area (Å²) in [6.07, 6.45) is 1.76. The molecule has 0 radical (unpaired) electrons. The van der Waals surface area contributed by atoms with Crippen molar-refractivity contribution in [3.05, 3.63) is 76.4 Å². The monoisotopic (exact) mass is 440 g/mol. The Morgan fingerprint density at radius 3 is 3.00 bits per heavy atom. The third-order valence-corrected chi connectivity index (χ3v) is 6.15. The summed E-state index contributed by atoms with van der Waals surface area (Å²) >= 11 is 1.69. The van der Waals surface area contributed by atoms with Crippen molar-refractivity contribution in [3.8, 4) is 0 Å². The van der Waals surface area contributed by atoms with Crippen LogP contribution in [0.25, 0.3) is 0 Å². The molecule has 0 spiro atoms. The van der Waals surface area contributed by atoms with Gasteiger partial charge in [-0.05, 0) is 48.7 Å². The van der Waals surface area contributed by atoms with Gasteiger partial charge in [-0.1, -0.05) is 12.1 Å². The number of anilines is 2. The highest BCUT2D eigenvalue weighted by molar-refractivity contribution is 7.10. The normalized spacial score (nSPS) is 17.8. The van der Waals surface area contributed by atoms with Crippen LogP contribution in [0.4, 0.5) is 15.9 Å². The molecule has 2 aromatic heterocycles. The smallest absolute Gasteiger partial charge is 0.255 e. The van der Waals surface area contributed by atoms with Gasteiger partial charge in [0.2, 0.25) is 0 Å². The van der Waals surface area contributed by atoms with Crippen LogP contribution in [0.2, 0.25) is 0 Å². The SMILES string of the molecule is C[C@H]1CN([C@@H](CNC(=O)c2cccnc2Nc2cccc(F)c2)c2cccs2)CCO1. The summed E-state index contributed by atoms with van der Waals surface area (Å²) in [5.74, 6) is -0.196. The van der Waals surface area contributed by atoms with Crippen LogP contribution in [-0.4, -0.2) is 48.1 Å². The van der Waals surface area contributed by atoms with Gasteiger partial charge in [0, 0.05) is 36.4 Å². The molecule has 4 rings (SSSR count). The first kappa shape index (κ1) is 21.4. The fourth-order valence-corrected chi connectivity index (χ4v) is 4.56. The van der Waals surface area contributed by atoms with Crippen molar-refractivity contribution >= 4 is 28.7 Å². The molecule has 0 unspecified atom stereocenters. The number of halogens is 1. The highest BCUT2D eigenvalue weighted by Gasteiger charge is 2.27. The van der Waals surface area contributed by atoms with Crippen molar-refractivity contribution in [2.75, 3.05) is 31.6 Å². The quantitative estimate of drug-likeness (QED) is 0.576. The predicted molar refractivity (Wildman–Crippen MR) is 120 cm³/mol. The zero-order chi connectivity index (χ0) is 21.6. The summed E-state index contributed by atoms with van der Waals surface area (Å²) in [4.78, 5) is 20.9. The molecule has 1 saturated heterocycles. The third-order valence-electron chi connectivity index (χ3n) is 5.18. The van der Waals surface area contributed by atoms with Gasteiger partial charge in [0.15, 0.2) is 0 Å². The fraction of sp³-hybridized carbons (Fsp3) is 0.304. The Hall–Kier alpha value is -2.81. The number of rotatable bonds is 7. The van der Waals surface area contributed by atoms with E-state index in [-0.39, 0.29) is 23.9 Å². The topological polar surface area (TPSA) is 66.5 Å². The number of nitrogens with zero attached hydrogens (tertiary/aromatic N) is 2. The number of pyridine rings is 1. The Balaban J connectivity index is 1.48. The van der Waals surface area contributed by atoms with Gasteiger partial charge >= 0.3 is 0 Å². The fourth-order valence-electron chi connectivity index (χ4n) is 3.69. The minimum atomic E-state index is -0.356. The minimum absolute atomic E-state index is 0.0756. The van der Waals surface area contributed by atoms with Crippen LogP contribution < -0.4 is 10.6 Å². The van der Waals surface area contributed by atoms with Crippen LogP contribution in [0.1, 0.15) is 28.2 Å². The Morgan fingerprint density at radius 2 is 2.23 bits per heavy atom. The molecule has 2 N–H and O–H groups in total. The Labute approximate surface area is 185 Å². The van der Waals surface area contributed by atoms with E-state index in [9.17, 15) is 9.18 Å². The van der Waals surface area contributed by atoms with Crippen molar-refractivity contribution in [1.29, 1.82) is 0 Å². The van der Waals surface area contributed by atoms with E-state index < -0.39 is 0 Å². The van der Waals surface area contributed by atoms with Gasteiger partial charge in [-0.3, -0.25) is 9.69 Å². The minimum Gasteiger partial charge on any atom is -0.376 e. The summed E-state index contributed by atoms with van der Waals surface area (Å²) in [6, 6.07) is 13.7. The molecule has 2 atom stereocenters. The maximum absolute atomic E-state index is 13.5. The molecule has 3 heterocycles. The van der Waals surface area contributed by atoms with Crippen molar-refractivity contribution in [2.24, 2.45) is 0 Å². The summed E-state index contributed by atoms with van der Waals surface area (Å²) in [7, 11) is 0. The van der Waals surface area contributed by atoms with E-state index in [1.165, 1.54) is 17.0 Å². The molecule has 0 bridgehead atoms. The molecule has 1 aliphatic heterocycles. The number of hydrogen-bond donors (Lipinski definition) is 2. The molecule has 1 aliphatic rings. The average Bonchev–Trinajstić information content (AvgIpc) is 3.29. The van der Waals surface area contributed by atoms with E-state index in [0.717, 1.165) is 13.1 Å². The molecule has 0 saturated carbocycles. The van der Waals surface area contributed by atoms with E-state index in [1.807, 2.05) is 6.07 Å². The second kappa shape index (κ2) is 10.00. The largest absolute Gasteiger partial charge is 0.376 e. The molecular weight excluding hydrogens is 415 g/mol. The van der Waals surface area contributed by atoms with E-state index in [1.54, 1.807) is 41.8 Å². The standard InChI is InChI=1S/C23H25FN4O2S/c1-16-15-28(10-11-30-16)20(21-8-4-12-31-21)14-26-23(29)19-7-3-9-25-22(19)27-18-6-2-5-17(24)13-18/h2-9,12-13,16,20H,10-11,14-15H2,1H3,(H,25,27)(H,26,29)/t16-,20-/m0/s1. The zero-order valence-corrected chi connectivity index (χ0v) is 18.1. The zero-order valence-electron chi connectivity index (χ0n) is 17.3. The van der Waals surface area contributed by atoms with Crippen molar-refractivity contribution in [2.45, 2.75) is 19.1 Å². The average molecular weight is 441 g/mol. The van der Waals surface area contributed by atoms with Gasteiger partial charge < -0.3 is 15.4 Å². The van der Waals surface area contributed by atoms with Crippen LogP contribution in [0.3, 0.4) is 0 Å². The van der Waals surface area contributed by atoms with Crippen LogP contribution in [0, 0.1) is 5.82 Å². The van der Waals surface area contributed by atoms with E-state index >= 15 is 0 Å². The number of benzene rings is 1. The Morgan fingerprint density at radius 1 is 1.32 bits per heavy atom. The lowest BCUT2D eigenvalue weighted by Crippen LogP contribution is -2.46. The molecule has 6 nitrogen and oxygen atoms in total. The van der Waals surface area contributed by atoms with E-state index in [4.69, 9.17) is 4.74 Å². The van der Waals surface area contributed by atoms with Gasteiger partial charge in [-0.15, -0.1) is 11.3 Å². The molecule has 31 heavy (non-hydrogen) atoms. The number of carbonyl (C=O) groups excluding carboxylic acids is 1. The first-order chi connectivity index (χ1) is 15.1. The van der Waals surface area contributed by atoms with Crippen LogP contribution in [0.15, 0.2) is 60.1 Å². The lowest BCUT2D eigenvalue weighted by atomic mass is 10.1. The lowest BCUT2D eigenvalue weighted by Gasteiger charge is -2.37. The number of nitrogens with one attached hydrogen (secondary N) is 2. The Bertz CT molecular complexity index is 1010. The van der Waals surface area contributed by atoms with Crippen LogP contribution in [-0.2, 0) is 4.74 Å². The van der Waals surface area contributed by atoms with Crippen molar-refractivity contribution in [3.63, 3.8) is 0 Å². The number of thiophene rings is 1. The summed E-state index contributed by atoms with van der Waals surface area (Å²) < 4.78 is 19.2. The number of hydrogen-bond acceptors (Lipinski definition) is 6. The van der Waals surface area contributed by atoms with Crippen LogP contribution in [0.5, 0.6) is 0 Å². The second-order valence-corrected chi connectivity index (χ2v) is 8.43. The molecular formula is C23H25FN4O2S. The summed E-state index contributed by atoms with van der Waals surface area (Å²) in [6.45, 7) is 4.86. The number of ether oxygens (including phenoxy) is 1. The molecule has 1 aromatic carbocycles. The molecule has 162 valence electrons. The van der Waals surface area contributed by atoms with E-state index in [0.29, 0.717) is 30.2 Å². The van der Waals surface area contributed by atoms with Crippen molar-refractivity contribution < 1.29 is 13.9 Å². The molecule has 0 aliphatic carbocycles. The van der Waals surface area contributed by atoms with Gasteiger partial charge in [-0.2, -0.15) is 0 Å². The van der Waals surface area contributed by atoms with Gasteiger partial charge in [0.25, 0.3) is 5.91 Å². The number of carbonyl (C=O) groups is 1. The number of amides is 1. The van der Waals surface area contributed by atoms with Gasteiger partial charge in [0.05, 0.1) is 24.3 Å². The third kappa shape index (κ3) is 5.46. The summed E-state index contributed by atoms with van der Waals surface area (Å²) in [5.41, 5.74) is 0.943. The highest BCUT2D eigenvalue weighted by atomic mass is 32.1. The predicted octanol–water partition coefficient (Wildman–Crippen LogP) is 4.22. The van der Waals surface area contributed by atoms with Crippen LogP contribution >= 0.6 is 11.3 Å². The molecule has 3 aromatic rings. The van der Waals surface area contributed by atoms with Crippen molar-refractivity contribution in [1.82, 2.24) is 15.2 Å². The summed E-state index contributed by atoms with van der Waals surface area (Å²) in [5, 5.41) is 8.16. The number of aromatic nitrogens is 1. The highest BCUT2D eigenvalue weighted by Crippen LogP contribution is 2.27. The maximum atomic E-state index is 13.5. The number of morpholine rings is 1.